The summed E-state index contributed by atoms with van der Waals surface area (Å²) in [7, 11) is 0. The molecule has 1 atom stereocenters. The molecule has 0 saturated carbocycles. The largest absolute Gasteiger partial charge is 0.488 e. The van der Waals surface area contributed by atoms with Crippen LogP contribution in [0.2, 0.25) is 0 Å². The Labute approximate surface area is 185 Å². The van der Waals surface area contributed by atoms with Gasteiger partial charge in [-0.15, -0.1) is 0 Å². The first-order valence-corrected chi connectivity index (χ1v) is 10.4. The van der Waals surface area contributed by atoms with Gasteiger partial charge >= 0.3 is 0 Å². The number of hydrogen-bond acceptors (Lipinski definition) is 4. The Kier molecular flexibility index (Phi) is 7.63. The molecule has 0 aliphatic carbocycles. The zero-order valence-corrected chi connectivity index (χ0v) is 18.5. The maximum absolute atomic E-state index is 12.3. The van der Waals surface area contributed by atoms with Gasteiger partial charge in [0.2, 0.25) is 0 Å². The summed E-state index contributed by atoms with van der Waals surface area (Å²) in [6, 6.07) is 23.0. The van der Waals surface area contributed by atoms with E-state index < -0.39 is 6.04 Å². The smallest absolute Gasteiger partial charge is 0.262 e. The van der Waals surface area contributed by atoms with Crippen molar-refractivity contribution in [2.24, 2.45) is 5.10 Å². The van der Waals surface area contributed by atoms with Crippen LogP contribution in [-0.4, -0.2) is 18.2 Å². The summed E-state index contributed by atoms with van der Waals surface area (Å²) in [5.74, 6) is 0.474. The van der Waals surface area contributed by atoms with Crippen molar-refractivity contribution < 1.29 is 9.53 Å². The number of ether oxygens (including phenoxy) is 1. The number of hydrogen-bond donors (Lipinski definition) is 2. The number of nitrogens with one attached hydrogen (secondary N) is 2. The molecule has 0 heterocycles. The lowest BCUT2D eigenvalue weighted by Crippen LogP contribution is -2.34. The molecule has 5 nitrogen and oxygen atoms in total. The lowest BCUT2D eigenvalue weighted by Gasteiger charge is -2.14. The highest BCUT2D eigenvalue weighted by molar-refractivity contribution is 9.10. The number of amides is 1. The molecule has 154 valence electrons. The maximum atomic E-state index is 12.3. The van der Waals surface area contributed by atoms with Crippen molar-refractivity contribution in [1.29, 1.82) is 0 Å². The number of carbonyl (C=O) groups excluding carboxylic acids is 1. The first-order valence-electron chi connectivity index (χ1n) is 9.63. The molecule has 0 spiro atoms. The van der Waals surface area contributed by atoms with E-state index in [0.29, 0.717) is 12.4 Å². The standard InChI is InChI=1S/C24H24BrN3O2/c1-17-7-5-11-22(13-17)27-18(2)24(29)28-26-15-20-9-3-4-12-23(20)30-16-19-8-6-10-21(25)14-19/h3-15,18,27H,16H2,1-2H3,(H,28,29)/t18-/m1/s1. The van der Waals surface area contributed by atoms with Gasteiger partial charge in [-0.2, -0.15) is 5.10 Å². The van der Waals surface area contributed by atoms with E-state index in [1.165, 1.54) is 0 Å². The zero-order valence-electron chi connectivity index (χ0n) is 16.9. The summed E-state index contributed by atoms with van der Waals surface area (Å²) in [6.45, 7) is 4.24. The van der Waals surface area contributed by atoms with Crippen molar-refractivity contribution in [3.8, 4) is 5.75 Å². The average Bonchev–Trinajstić information content (AvgIpc) is 2.73. The lowest BCUT2D eigenvalue weighted by molar-refractivity contribution is -0.121. The molecule has 0 bridgehead atoms. The molecular formula is C24H24BrN3O2. The maximum Gasteiger partial charge on any atom is 0.262 e. The Morgan fingerprint density at radius 1 is 1.10 bits per heavy atom. The second kappa shape index (κ2) is 10.6. The molecule has 0 fully saturated rings. The van der Waals surface area contributed by atoms with Gasteiger partial charge in [0.05, 0.1) is 6.21 Å². The highest BCUT2D eigenvalue weighted by Gasteiger charge is 2.11. The molecule has 0 radical (unpaired) electrons. The fourth-order valence-corrected chi connectivity index (χ4v) is 3.27. The van der Waals surface area contributed by atoms with E-state index in [-0.39, 0.29) is 5.91 Å². The predicted molar refractivity (Wildman–Crippen MR) is 125 cm³/mol. The number of para-hydroxylation sites is 1. The highest BCUT2D eigenvalue weighted by Crippen LogP contribution is 2.19. The van der Waals surface area contributed by atoms with E-state index in [2.05, 4.69) is 31.8 Å². The second-order valence-electron chi connectivity index (χ2n) is 6.93. The van der Waals surface area contributed by atoms with Crippen LogP contribution in [0.25, 0.3) is 0 Å². The van der Waals surface area contributed by atoms with Crippen molar-refractivity contribution in [2.75, 3.05) is 5.32 Å². The van der Waals surface area contributed by atoms with Crippen LogP contribution in [0.1, 0.15) is 23.6 Å². The third kappa shape index (κ3) is 6.46. The van der Waals surface area contributed by atoms with Gasteiger partial charge in [0.25, 0.3) is 5.91 Å². The van der Waals surface area contributed by atoms with Crippen molar-refractivity contribution >= 4 is 33.7 Å². The van der Waals surface area contributed by atoms with Gasteiger partial charge < -0.3 is 10.1 Å². The van der Waals surface area contributed by atoms with Gasteiger partial charge in [-0.1, -0.05) is 52.3 Å². The minimum atomic E-state index is -0.424. The minimum Gasteiger partial charge on any atom is -0.488 e. The summed E-state index contributed by atoms with van der Waals surface area (Å²) in [6.07, 6.45) is 1.59. The molecule has 0 unspecified atom stereocenters. The Morgan fingerprint density at radius 2 is 1.90 bits per heavy atom. The third-order valence-electron chi connectivity index (χ3n) is 4.38. The Hall–Kier alpha value is -3.12. The fraction of sp³-hybridized carbons (Fsp3) is 0.167. The summed E-state index contributed by atoms with van der Waals surface area (Å²) in [5, 5.41) is 7.27. The molecule has 1 amide bonds. The summed E-state index contributed by atoms with van der Waals surface area (Å²) in [5.41, 5.74) is 6.45. The SMILES string of the molecule is Cc1cccc(N[C@H](C)C(=O)NN=Cc2ccccc2OCc2cccc(Br)c2)c1. The third-order valence-corrected chi connectivity index (χ3v) is 4.87. The average molecular weight is 466 g/mol. The second-order valence-corrected chi connectivity index (χ2v) is 7.84. The van der Waals surface area contributed by atoms with Crippen LogP contribution in [0.4, 0.5) is 5.69 Å². The molecule has 0 aliphatic heterocycles. The van der Waals surface area contributed by atoms with Crippen LogP contribution in [0.3, 0.4) is 0 Å². The first kappa shape index (κ1) is 21.6. The number of rotatable bonds is 8. The predicted octanol–water partition coefficient (Wildman–Crippen LogP) is 5.29. The quantitative estimate of drug-likeness (QED) is 0.351. The van der Waals surface area contributed by atoms with Crippen LogP contribution in [0.15, 0.2) is 82.4 Å². The molecule has 3 rings (SSSR count). The first-order chi connectivity index (χ1) is 14.5. The molecule has 30 heavy (non-hydrogen) atoms. The van der Waals surface area contributed by atoms with E-state index in [9.17, 15) is 4.79 Å². The Bertz CT molecular complexity index is 1040. The van der Waals surface area contributed by atoms with E-state index in [4.69, 9.17) is 4.74 Å². The van der Waals surface area contributed by atoms with Crippen molar-refractivity contribution in [1.82, 2.24) is 5.43 Å². The molecule has 0 aromatic heterocycles. The number of nitrogens with zero attached hydrogens (tertiary/aromatic N) is 1. The van der Waals surface area contributed by atoms with Gasteiger partial charge in [-0.25, -0.2) is 5.43 Å². The van der Waals surface area contributed by atoms with Gasteiger partial charge in [0, 0.05) is 15.7 Å². The molecule has 0 saturated heterocycles. The van der Waals surface area contributed by atoms with E-state index >= 15 is 0 Å². The number of hydrazone groups is 1. The Balaban J connectivity index is 1.57. The van der Waals surface area contributed by atoms with Crippen LogP contribution in [-0.2, 0) is 11.4 Å². The van der Waals surface area contributed by atoms with Gasteiger partial charge in [0.1, 0.15) is 18.4 Å². The topological polar surface area (TPSA) is 62.7 Å². The molecule has 6 heteroatoms. The number of aryl methyl sites for hydroxylation is 1. The van der Waals surface area contributed by atoms with Crippen molar-refractivity contribution in [3.05, 3.63) is 94.0 Å². The van der Waals surface area contributed by atoms with Crippen LogP contribution >= 0.6 is 15.9 Å². The molecule has 0 aliphatic rings. The molecular weight excluding hydrogens is 442 g/mol. The summed E-state index contributed by atoms with van der Waals surface area (Å²) in [4.78, 5) is 12.3. The van der Waals surface area contributed by atoms with E-state index in [0.717, 1.165) is 26.9 Å². The van der Waals surface area contributed by atoms with Gasteiger partial charge in [-0.05, 0) is 61.4 Å². The van der Waals surface area contributed by atoms with Crippen LogP contribution in [0, 0.1) is 6.92 Å². The molecule has 3 aromatic carbocycles. The van der Waals surface area contributed by atoms with Crippen LogP contribution < -0.4 is 15.5 Å². The van der Waals surface area contributed by atoms with Crippen molar-refractivity contribution in [3.63, 3.8) is 0 Å². The zero-order chi connectivity index (χ0) is 21.3. The molecule has 2 N–H and O–H groups in total. The number of benzene rings is 3. The van der Waals surface area contributed by atoms with Crippen LogP contribution in [0.5, 0.6) is 5.75 Å². The Morgan fingerprint density at radius 3 is 2.70 bits per heavy atom. The summed E-state index contributed by atoms with van der Waals surface area (Å²) >= 11 is 3.46. The lowest BCUT2D eigenvalue weighted by atomic mass is 10.2. The number of anilines is 1. The van der Waals surface area contributed by atoms with E-state index in [1.54, 1.807) is 13.1 Å². The number of carbonyl (C=O) groups is 1. The van der Waals surface area contributed by atoms with E-state index in [1.807, 2.05) is 79.7 Å². The molecule has 3 aromatic rings. The highest BCUT2D eigenvalue weighted by atomic mass is 79.9. The fourth-order valence-electron chi connectivity index (χ4n) is 2.82. The normalized spacial score (nSPS) is 11.8. The van der Waals surface area contributed by atoms with Gasteiger partial charge in [0.15, 0.2) is 0 Å². The van der Waals surface area contributed by atoms with Gasteiger partial charge in [-0.3, -0.25) is 4.79 Å². The monoisotopic (exact) mass is 465 g/mol. The van der Waals surface area contributed by atoms with Crippen molar-refractivity contribution in [2.45, 2.75) is 26.5 Å². The minimum absolute atomic E-state index is 0.222. The number of halogens is 1. The summed E-state index contributed by atoms with van der Waals surface area (Å²) < 4.78 is 6.95.